The molecule has 3 aromatic rings. The molecule has 5 heteroatoms. The third-order valence-electron chi connectivity index (χ3n) is 4.10. The minimum atomic E-state index is -0.601. The monoisotopic (exact) mass is 350 g/mol. The second kappa shape index (κ2) is 8.43. The summed E-state index contributed by atoms with van der Waals surface area (Å²) in [6.45, 7) is 3.79. The van der Waals surface area contributed by atoms with Crippen LogP contribution < -0.4 is 0 Å². The Bertz CT molecular complexity index is 791. The van der Waals surface area contributed by atoms with Crippen LogP contribution in [0.3, 0.4) is 0 Å². The number of benzene rings is 2. The van der Waals surface area contributed by atoms with Crippen LogP contribution >= 0.6 is 0 Å². The molecule has 0 amide bonds. The third kappa shape index (κ3) is 4.17. The summed E-state index contributed by atoms with van der Waals surface area (Å²) in [4.78, 5) is 17.3. The average Bonchev–Trinajstić information content (AvgIpc) is 3.13. The molecule has 3 rings (SSSR count). The number of hydrogen-bond donors (Lipinski definition) is 0. The van der Waals surface area contributed by atoms with Crippen molar-refractivity contribution < 1.29 is 14.1 Å². The Kier molecular flexibility index (Phi) is 5.79. The molecular weight excluding hydrogens is 328 g/mol. The lowest BCUT2D eigenvalue weighted by molar-refractivity contribution is -0.150. The molecule has 134 valence electrons. The van der Waals surface area contributed by atoms with E-state index in [4.69, 9.17) is 9.26 Å². The summed E-state index contributed by atoms with van der Waals surface area (Å²) in [6, 6.07) is 19.2. The van der Waals surface area contributed by atoms with Gasteiger partial charge in [-0.2, -0.15) is 4.98 Å². The van der Waals surface area contributed by atoms with E-state index in [1.54, 1.807) is 6.92 Å². The molecule has 0 spiro atoms. The fraction of sp³-hybridized carbons (Fsp3) is 0.286. The van der Waals surface area contributed by atoms with Gasteiger partial charge < -0.3 is 9.26 Å². The molecule has 0 aliphatic carbocycles. The zero-order chi connectivity index (χ0) is 18.4. The molecule has 1 atom stereocenters. The molecular formula is C21H22N2O3. The number of hydrogen-bond acceptors (Lipinski definition) is 5. The minimum absolute atomic E-state index is 0.321. The maximum Gasteiger partial charge on any atom is 0.318 e. The van der Waals surface area contributed by atoms with Crippen LogP contribution in [0.25, 0.3) is 0 Å². The van der Waals surface area contributed by atoms with Gasteiger partial charge in [-0.3, -0.25) is 4.79 Å². The SMILES string of the molecule is CCCc1noc(C(C)OC(=O)C(c2ccccc2)c2ccccc2)n1. The van der Waals surface area contributed by atoms with Crippen LogP contribution in [-0.2, 0) is 16.0 Å². The first kappa shape index (κ1) is 17.9. The van der Waals surface area contributed by atoms with E-state index in [0.29, 0.717) is 11.7 Å². The molecule has 2 aromatic carbocycles. The van der Waals surface area contributed by atoms with Crippen molar-refractivity contribution in [1.82, 2.24) is 10.1 Å². The second-order valence-electron chi connectivity index (χ2n) is 6.13. The van der Waals surface area contributed by atoms with E-state index in [1.807, 2.05) is 67.6 Å². The van der Waals surface area contributed by atoms with Gasteiger partial charge in [0.2, 0.25) is 0 Å². The maximum absolute atomic E-state index is 12.9. The van der Waals surface area contributed by atoms with Crippen molar-refractivity contribution in [3.05, 3.63) is 83.5 Å². The number of carbonyl (C=O) groups excluding carboxylic acids is 1. The van der Waals surface area contributed by atoms with Crippen LogP contribution in [0.2, 0.25) is 0 Å². The molecule has 0 saturated carbocycles. The summed E-state index contributed by atoms with van der Waals surface area (Å²) >= 11 is 0. The predicted octanol–water partition coefficient (Wildman–Crippen LogP) is 4.46. The van der Waals surface area contributed by atoms with Crippen molar-refractivity contribution in [3.63, 3.8) is 0 Å². The summed E-state index contributed by atoms with van der Waals surface area (Å²) in [5.74, 6) is 0.109. The van der Waals surface area contributed by atoms with Crippen LogP contribution in [0.15, 0.2) is 65.2 Å². The van der Waals surface area contributed by atoms with Crippen molar-refractivity contribution in [2.75, 3.05) is 0 Å². The summed E-state index contributed by atoms with van der Waals surface area (Å²) in [7, 11) is 0. The fourth-order valence-corrected chi connectivity index (χ4v) is 2.81. The van der Waals surface area contributed by atoms with Crippen LogP contribution in [0.4, 0.5) is 0 Å². The Morgan fingerprint density at radius 1 is 1.04 bits per heavy atom. The van der Waals surface area contributed by atoms with E-state index in [0.717, 1.165) is 24.0 Å². The summed E-state index contributed by atoms with van der Waals surface area (Å²) in [6.07, 6.45) is 1.06. The molecule has 1 heterocycles. The molecule has 26 heavy (non-hydrogen) atoms. The van der Waals surface area contributed by atoms with Crippen molar-refractivity contribution in [2.24, 2.45) is 0 Å². The standard InChI is InChI=1S/C21H22N2O3/c1-3-10-18-22-20(26-23-18)15(2)25-21(24)19(16-11-6-4-7-12-16)17-13-8-5-9-14-17/h4-9,11-15,19H,3,10H2,1-2H3. The number of nitrogens with zero attached hydrogens (tertiary/aromatic N) is 2. The highest BCUT2D eigenvalue weighted by molar-refractivity contribution is 5.82. The molecule has 0 aliphatic rings. The molecule has 0 bridgehead atoms. The van der Waals surface area contributed by atoms with Crippen LogP contribution in [0.5, 0.6) is 0 Å². The summed E-state index contributed by atoms with van der Waals surface area (Å²) in [5, 5.41) is 3.92. The van der Waals surface area contributed by atoms with Gasteiger partial charge in [0.05, 0.1) is 0 Å². The third-order valence-corrected chi connectivity index (χ3v) is 4.10. The van der Waals surface area contributed by atoms with Gasteiger partial charge in [0.1, 0.15) is 5.92 Å². The molecule has 0 radical (unpaired) electrons. The Labute approximate surface area is 153 Å². The van der Waals surface area contributed by atoms with Crippen molar-refractivity contribution >= 4 is 5.97 Å². The van der Waals surface area contributed by atoms with E-state index in [2.05, 4.69) is 10.1 Å². The summed E-state index contributed by atoms with van der Waals surface area (Å²) in [5.41, 5.74) is 1.77. The number of ether oxygens (including phenoxy) is 1. The Morgan fingerprint density at radius 2 is 1.62 bits per heavy atom. The molecule has 0 aliphatic heterocycles. The van der Waals surface area contributed by atoms with Crippen molar-refractivity contribution in [3.8, 4) is 0 Å². The molecule has 1 aromatic heterocycles. The van der Waals surface area contributed by atoms with Crippen LogP contribution in [0.1, 0.15) is 55.1 Å². The minimum Gasteiger partial charge on any atom is -0.452 e. The number of esters is 1. The molecule has 1 unspecified atom stereocenters. The van der Waals surface area contributed by atoms with Gasteiger partial charge in [-0.15, -0.1) is 0 Å². The lowest BCUT2D eigenvalue weighted by Gasteiger charge is -2.18. The van der Waals surface area contributed by atoms with Gasteiger partial charge in [0.15, 0.2) is 11.9 Å². The van der Waals surface area contributed by atoms with E-state index < -0.39 is 12.0 Å². The van der Waals surface area contributed by atoms with Gasteiger partial charge >= 0.3 is 5.97 Å². The smallest absolute Gasteiger partial charge is 0.318 e. The molecule has 5 nitrogen and oxygen atoms in total. The first-order chi connectivity index (χ1) is 12.7. The first-order valence-electron chi connectivity index (χ1n) is 8.82. The zero-order valence-corrected chi connectivity index (χ0v) is 15.0. The van der Waals surface area contributed by atoms with Crippen molar-refractivity contribution in [1.29, 1.82) is 0 Å². The van der Waals surface area contributed by atoms with Gasteiger partial charge in [0.25, 0.3) is 5.89 Å². The van der Waals surface area contributed by atoms with Gasteiger partial charge in [-0.1, -0.05) is 72.7 Å². The van der Waals surface area contributed by atoms with E-state index in [9.17, 15) is 4.79 Å². The molecule has 0 fully saturated rings. The molecule has 0 saturated heterocycles. The zero-order valence-electron chi connectivity index (χ0n) is 15.0. The summed E-state index contributed by atoms with van der Waals surface area (Å²) < 4.78 is 10.9. The Morgan fingerprint density at radius 3 is 2.15 bits per heavy atom. The Hall–Kier alpha value is -2.95. The van der Waals surface area contributed by atoms with E-state index >= 15 is 0 Å². The highest BCUT2D eigenvalue weighted by Crippen LogP contribution is 2.28. The largest absolute Gasteiger partial charge is 0.452 e. The first-order valence-corrected chi connectivity index (χ1v) is 8.82. The maximum atomic E-state index is 12.9. The average molecular weight is 350 g/mol. The number of carbonyl (C=O) groups is 1. The fourth-order valence-electron chi connectivity index (χ4n) is 2.81. The van der Waals surface area contributed by atoms with Crippen LogP contribution in [0, 0.1) is 0 Å². The van der Waals surface area contributed by atoms with Crippen LogP contribution in [-0.4, -0.2) is 16.1 Å². The topological polar surface area (TPSA) is 65.2 Å². The van der Waals surface area contributed by atoms with Crippen molar-refractivity contribution in [2.45, 2.75) is 38.7 Å². The Balaban J connectivity index is 1.81. The lowest BCUT2D eigenvalue weighted by atomic mass is 9.91. The highest BCUT2D eigenvalue weighted by atomic mass is 16.6. The number of aromatic nitrogens is 2. The number of rotatable bonds is 7. The molecule has 0 N–H and O–H groups in total. The number of aryl methyl sites for hydroxylation is 1. The van der Waals surface area contributed by atoms with E-state index in [1.165, 1.54) is 0 Å². The normalized spacial score (nSPS) is 12.1. The van der Waals surface area contributed by atoms with Gasteiger partial charge in [0, 0.05) is 6.42 Å². The predicted molar refractivity (Wildman–Crippen MR) is 97.5 cm³/mol. The van der Waals surface area contributed by atoms with Gasteiger partial charge in [-0.25, -0.2) is 0 Å². The lowest BCUT2D eigenvalue weighted by Crippen LogP contribution is -2.19. The second-order valence-corrected chi connectivity index (χ2v) is 6.13. The quantitative estimate of drug-likeness (QED) is 0.589. The van der Waals surface area contributed by atoms with E-state index in [-0.39, 0.29) is 5.97 Å². The van der Waals surface area contributed by atoms with Gasteiger partial charge in [-0.05, 0) is 24.5 Å². The highest BCUT2D eigenvalue weighted by Gasteiger charge is 2.27.